The van der Waals surface area contributed by atoms with Gasteiger partial charge in [0.15, 0.2) is 0 Å². The Labute approximate surface area is 153 Å². The Morgan fingerprint density at radius 3 is 2.54 bits per heavy atom. The highest BCUT2D eigenvalue weighted by molar-refractivity contribution is 5.74. The van der Waals surface area contributed by atoms with Crippen LogP contribution < -0.4 is 4.90 Å². The lowest BCUT2D eigenvalue weighted by Gasteiger charge is -2.36. The van der Waals surface area contributed by atoms with Gasteiger partial charge in [-0.1, -0.05) is 18.2 Å². The van der Waals surface area contributed by atoms with Crippen LogP contribution in [0.1, 0.15) is 12.8 Å². The number of imidazole rings is 1. The molecule has 26 heavy (non-hydrogen) atoms. The molecule has 2 heterocycles. The molecule has 4 nitrogen and oxygen atoms in total. The zero-order chi connectivity index (χ0) is 17.8. The van der Waals surface area contributed by atoms with Crippen molar-refractivity contribution in [3.63, 3.8) is 0 Å². The average Bonchev–Trinajstić information content (AvgIpc) is 3.09. The number of anilines is 1. The second-order valence-corrected chi connectivity index (χ2v) is 6.94. The number of para-hydroxylation sites is 2. The number of aryl methyl sites for hydroxylation is 1. The van der Waals surface area contributed by atoms with Crippen LogP contribution in [0.2, 0.25) is 0 Å². The minimum absolute atomic E-state index is 0.156. The van der Waals surface area contributed by atoms with E-state index in [9.17, 15) is 4.39 Å². The van der Waals surface area contributed by atoms with E-state index in [0.717, 1.165) is 56.9 Å². The molecule has 0 bridgehead atoms. The number of benzene rings is 2. The number of fused-ring (bicyclic) bond motifs is 1. The van der Waals surface area contributed by atoms with Crippen LogP contribution in [0.3, 0.4) is 0 Å². The third-order valence-corrected chi connectivity index (χ3v) is 5.20. The highest BCUT2D eigenvalue weighted by Gasteiger charge is 2.17. The van der Waals surface area contributed by atoms with Gasteiger partial charge in [0.05, 0.1) is 17.4 Å². The summed E-state index contributed by atoms with van der Waals surface area (Å²) >= 11 is 0. The fourth-order valence-electron chi connectivity index (χ4n) is 3.71. The minimum Gasteiger partial charge on any atom is -0.369 e. The summed E-state index contributed by atoms with van der Waals surface area (Å²) in [5.41, 5.74) is 3.29. The number of hydrogen-bond acceptors (Lipinski definition) is 3. The predicted molar refractivity (Wildman–Crippen MR) is 104 cm³/mol. The van der Waals surface area contributed by atoms with E-state index >= 15 is 0 Å². The van der Waals surface area contributed by atoms with Gasteiger partial charge in [0.1, 0.15) is 5.82 Å². The molecule has 5 heteroatoms. The Balaban J connectivity index is 1.20. The van der Waals surface area contributed by atoms with Gasteiger partial charge in [-0.25, -0.2) is 9.37 Å². The molecule has 0 aliphatic carbocycles. The Kier molecular flexibility index (Phi) is 5.16. The number of aromatic nitrogens is 2. The summed E-state index contributed by atoms with van der Waals surface area (Å²) in [6.07, 6.45) is 4.29. The van der Waals surface area contributed by atoms with Gasteiger partial charge in [0, 0.05) is 38.4 Å². The molecule has 0 saturated carbocycles. The molecule has 1 saturated heterocycles. The summed E-state index contributed by atoms with van der Waals surface area (Å²) in [5, 5.41) is 0. The Bertz CT molecular complexity index is 852. The van der Waals surface area contributed by atoms with Crippen molar-refractivity contribution in [1.29, 1.82) is 0 Å². The lowest BCUT2D eigenvalue weighted by atomic mass is 10.2. The molecule has 3 aromatic rings. The smallest absolute Gasteiger partial charge is 0.125 e. The Hall–Kier alpha value is -2.40. The SMILES string of the molecule is Fc1cccc(N2CCN(CCCCn3cnc4ccccc43)CC2)c1. The maximum absolute atomic E-state index is 13.4. The largest absolute Gasteiger partial charge is 0.369 e. The fraction of sp³-hybridized carbons (Fsp3) is 0.381. The number of nitrogens with zero attached hydrogens (tertiary/aromatic N) is 4. The number of rotatable bonds is 6. The van der Waals surface area contributed by atoms with Gasteiger partial charge in [0.2, 0.25) is 0 Å². The summed E-state index contributed by atoms with van der Waals surface area (Å²) in [6, 6.07) is 15.2. The van der Waals surface area contributed by atoms with E-state index in [1.807, 2.05) is 18.5 Å². The summed E-state index contributed by atoms with van der Waals surface area (Å²) in [6.45, 7) is 6.17. The summed E-state index contributed by atoms with van der Waals surface area (Å²) in [5.74, 6) is -0.156. The van der Waals surface area contributed by atoms with Gasteiger partial charge in [-0.2, -0.15) is 0 Å². The summed E-state index contributed by atoms with van der Waals surface area (Å²) in [4.78, 5) is 9.24. The van der Waals surface area contributed by atoms with Crippen LogP contribution >= 0.6 is 0 Å². The Morgan fingerprint density at radius 2 is 1.69 bits per heavy atom. The first-order valence-corrected chi connectivity index (χ1v) is 9.42. The molecule has 1 aliphatic rings. The van der Waals surface area contributed by atoms with Gasteiger partial charge in [-0.15, -0.1) is 0 Å². The van der Waals surface area contributed by atoms with Crippen molar-refractivity contribution in [2.45, 2.75) is 19.4 Å². The van der Waals surface area contributed by atoms with Gasteiger partial charge in [0.25, 0.3) is 0 Å². The highest BCUT2D eigenvalue weighted by atomic mass is 19.1. The quantitative estimate of drug-likeness (QED) is 0.631. The van der Waals surface area contributed by atoms with Crippen molar-refractivity contribution in [2.75, 3.05) is 37.6 Å². The van der Waals surface area contributed by atoms with Crippen LogP contribution in [0.25, 0.3) is 11.0 Å². The molecular formula is C21H25FN4. The molecule has 2 aromatic carbocycles. The van der Waals surface area contributed by atoms with Crippen LogP contribution in [-0.2, 0) is 6.54 Å². The van der Waals surface area contributed by atoms with E-state index in [2.05, 4.69) is 37.5 Å². The van der Waals surface area contributed by atoms with Gasteiger partial charge in [-0.05, 0) is 49.7 Å². The van der Waals surface area contributed by atoms with Crippen molar-refractivity contribution < 1.29 is 4.39 Å². The number of halogens is 1. The second kappa shape index (κ2) is 7.87. The van der Waals surface area contributed by atoms with E-state index in [0.29, 0.717) is 0 Å². The van der Waals surface area contributed by atoms with Gasteiger partial charge < -0.3 is 9.47 Å². The zero-order valence-electron chi connectivity index (χ0n) is 15.0. The zero-order valence-corrected chi connectivity index (χ0v) is 15.0. The van der Waals surface area contributed by atoms with E-state index in [1.165, 1.54) is 18.0 Å². The van der Waals surface area contributed by atoms with E-state index in [4.69, 9.17) is 0 Å². The third kappa shape index (κ3) is 3.88. The maximum Gasteiger partial charge on any atom is 0.125 e. The molecule has 0 unspecified atom stereocenters. The monoisotopic (exact) mass is 352 g/mol. The Morgan fingerprint density at radius 1 is 0.885 bits per heavy atom. The molecule has 136 valence electrons. The molecule has 0 radical (unpaired) electrons. The highest BCUT2D eigenvalue weighted by Crippen LogP contribution is 2.18. The van der Waals surface area contributed by atoms with Crippen LogP contribution in [0, 0.1) is 5.82 Å². The van der Waals surface area contributed by atoms with E-state index in [-0.39, 0.29) is 5.82 Å². The normalized spacial score (nSPS) is 15.7. The van der Waals surface area contributed by atoms with Crippen molar-refractivity contribution in [2.24, 2.45) is 0 Å². The van der Waals surface area contributed by atoms with Crippen molar-refractivity contribution in [3.05, 3.63) is 60.7 Å². The van der Waals surface area contributed by atoms with Gasteiger partial charge >= 0.3 is 0 Å². The maximum atomic E-state index is 13.4. The molecule has 0 spiro atoms. The van der Waals surface area contributed by atoms with Crippen LogP contribution in [0.15, 0.2) is 54.9 Å². The summed E-state index contributed by atoms with van der Waals surface area (Å²) < 4.78 is 15.6. The molecule has 0 atom stereocenters. The van der Waals surface area contributed by atoms with E-state index < -0.39 is 0 Å². The molecule has 1 aliphatic heterocycles. The van der Waals surface area contributed by atoms with Crippen molar-refractivity contribution in [3.8, 4) is 0 Å². The second-order valence-electron chi connectivity index (χ2n) is 6.94. The first-order valence-electron chi connectivity index (χ1n) is 9.42. The molecule has 0 amide bonds. The summed E-state index contributed by atoms with van der Waals surface area (Å²) in [7, 11) is 0. The predicted octanol–water partition coefficient (Wildman–Crippen LogP) is 3.78. The van der Waals surface area contributed by atoms with Gasteiger partial charge in [-0.3, -0.25) is 4.90 Å². The van der Waals surface area contributed by atoms with Crippen LogP contribution in [0.5, 0.6) is 0 Å². The van der Waals surface area contributed by atoms with Crippen molar-refractivity contribution >= 4 is 16.7 Å². The number of unbranched alkanes of at least 4 members (excludes halogenated alkanes) is 1. The first kappa shape index (κ1) is 17.0. The molecular weight excluding hydrogens is 327 g/mol. The van der Waals surface area contributed by atoms with Crippen LogP contribution in [0.4, 0.5) is 10.1 Å². The molecule has 4 rings (SSSR count). The molecule has 0 N–H and O–H groups in total. The molecule has 1 fully saturated rings. The topological polar surface area (TPSA) is 24.3 Å². The lowest BCUT2D eigenvalue weighted by molar-refractivity contribution is 0.251. The number of piperazine rings is 1. The van der Waals surface area contributed by atoms with E-state index in [1.54, 1.807) is 12.1 Å². The standard InChI is InChI=1S/C21H25FN4/c22-18-6-5-7-19(16-18)25-14-12-24(13-15-25)10-3-4-11-26-17-23-20-8-1-2-9-21(20)26/h1-2,5-9,16-17H,3-4,10-15H2. The van der Waals surface area contributed by atoms with Crippen molar-refractivity contribution in [1.82, 2.24) is 14.5 Å². The van der Waals surface area contributed by atoms with Crippen LogP contribution in [-0.4, -0.2) is 47.2 Å². The third-order valence-electron chi connectivity index (χ3n) is 5.20. The number of hydrogen-bond donors (Lipinski definition) is 0. The lowest BCUT2D eigenvalue weighted by Crippen LogP contribution is -2.46. The first-order chi connectivity index (χ1) is 12.8. The molecule has 1 aromatic heterocycles. The fourth-order valence-corrected chi connectivity index (χ4v) is 3.71. The average molecular weight is 352 g/mol. The minimum atomic E-state index is -0.156.